The van der Waals surface area contributed by atoms with Crippen molar-refractivity contribution in [3.63, 3.8) is 0 Å². The maximum absolute atomic E-state index is 12.2. The second kappa shape index (κ2) is 6.91. The van der Waals surface area contributed by atoms with E-state index in [4.69, 9.17) is 4.74 Å². The lowest BCUT2D eigenvalue weighted by molar-refractivity contribution is -0.123. The van der Waals surface area contributed by atoms with E-state index in [1.54, 1.807) is 54.2 Å². The minimum Gasteiger partial charge on any atom is -0.448 e. The fourth-order valence-corrected chi connectivity index (χ4v) is 2.08. The molecule has 23 heavy (non-hydrogen) atoms. The number of amides is 1. The third-order valence-corrected chi connectivity index (χ3v) is 3.37. The molecule has 0 radical (unpaired) electrons. The molecule has 1 atom stereocenters. The van der Waals surface area contributed by atoms with E-state index in [1.807, 2.05) is 0 Å². The van der Waals surface area contributed by atoms with Crippen LogP contribution in [0.1, 0.15) is 34.7 Å². The van der Waals surface area contributed by atoms with Crippen LogP contribution in [0.2, 0.25) is 0 Å². The van der Waals surface area contributed by atoms with E-state index >= 15 is 0 Å². The maximum Gasteiger partial charge on any atom is 0.355 e. The van der Waals surface area contributed by atoms with Crippen LogP contribution in [0.15, 0.2) is 42.6 Å². The van der Waals surface area contributed by atoms with Gasteiger partial charge < -0.3 is 14.6 Å². The van der Waals surface area contributed by atoms with Gasteiger partial charge in [0.25, 0.3) is 5.91 Å². The molecule has 0 saturated carbocycles. The molecule has 1 amide bonds. The average molecular weight is 314 g/mol. The van der Waals surface area contributed by atoms with Gasteiger partial charge in [0.2, 0.25) is 0 Å². The first-order chi connectivity index (χ1) is 10.9. The molecule has 0 fully saturated rings. The quantitative estimate of drug-likeness (QED) is 0.679. The van der Waals surface area contributed by atoms with Gasteiger partial charge in [0, 0.05) is 18.8 Å². The van der Waals surface area contributed by atoms with Crippen LogP contribution in [0.25, 0.3) is 0 Å². The van der Waals surface area contributed by atoms with Gasteiger partial charge in [-0.2, -0.15) is 0 Å². The number of nitrogens with one attached hydrogen (secondary N) is 1. The summed E-state index contributed by atoms with van der Waals surface area (Å²) >= 11 is 0. The predicted octanol–water partition coefficient (Wildman–Crippen LogP) is 2.41. The van der Waals surface area contributed by atoms with Gasteiger partial charge in [0.15, 0.2) is 11.9 Å². The summed E-state index contributed by atoms with van der Waals surface area (Å²) in [6.45, 7) is 2.90. The number of carbonyl (C=O) groups is 3. The van der Waals surface area contributed by atoms with Gasteiger partial charge in [-0.3, -0.25) is 9.59 Å². The molecule has 1 N–H and O–H groups in total. The van der Waals surface area contributed by atoms with E-state index in [2.05, 4.69) is 5.32 Å². The molecule has 0 aliphatic carbocycles. The SMILES string of the molecule is CC(=O)c1ccccc1NC(=O)[C@@H](C)OC(=O)c1cccn1C. The largest absolute Gasteiger partial charge is 0.448 e. The number of hydrogen-bond acceptors (Lipinski definition) is 4. The van der Waals surface area contributed by atoms with E-state index in [-0.39, 0.29) is 5.78 Å². The molecule has 0 aliphatic heterocycles. The third-order valence-electron chi connectivity index (χ3n) is 3.37. The van der Waals surface area contributed by atoms with Crippen LogP contribution in [0, 0.1) is 0 Å². The highest BCUT2D eigenvalue weighted by atomic mass is 16.5. The minimum absolute atomic E-state index is 0.158. The molecular formula is C17H18N2O4. The van der Waals surface area contributed by atoms with Crippen molar-refractivity contribution < 1.29 is 19.1 Å². The van der Waals surface area contributed by atoms with Gasteiger partial charge in [-0.1, -0.05) is 12.1 Å². The van der Waals surface area contributed by atoms with Gasteiger partial charge in [0.05, 0.1) is 5.69 Å². The molecular weight excluding hydrogens is 296 g/mol. The Bertz CT molecular complexity index is 749. The number of Topliss-reactive ketones (excluding diaryl/α,β-unsaturated/α-hetero) is 1. The van der Waals surface area contributed by atoms with Gasteiger partial charge in [-0.15, -0.1) is 0 Å². The van der Waals surface area contributed by atoms with Crippen molar-refractivity contribution in [2.75, 3.05) is 5.32 Å². The first kappa shape index (κ1) is 16.5. The van der Waals surface area contributed by atoms with Crippen LogP contribution in [0.4, 0.5) is 5.69 Å². The zero-order chi connectivity index (χ0) is 17.0. The van der Waals surface area contributed by atoms with E-state index in [0.29, 0.717) is 16.9 Å². The maximum atomic E-state index is 12.2. The Morgan fingerprint density at radius 1 is 1.13 bits per heavy atom. The number of rotatable bonds is 5. The summed E-state index contributed by atoms with van der Waals surface area (Å²) in [7, 11) is 1.71. The van der Waals surface area contributed by atoms with Gasteiger partial charge in [0.1, 0.15) is 5.69 Å². The van der Waals surface area contributed by atoms with Crippen molar-refractivity contribution in [1.82, 2.24) is 4.57 Å². The summed E-state index contributed by atoms with van der Waals surface area (Å²) in [6, 6.07) is 10.00. The Morgan fingerprint density at radius 2 is 1.83 bits per heavy atom. The molecule has 0 unspecified atom stereocenters. The number of ether oxygens (including phenoxy) is 1. The van der Waals surface area contributed by atoms with Crippen LogP contribution < -0.4 is 5.32 Å². The van der Waals surface area contributed by atoms with Crippen LogP contribution in [-0.2, 0) is 16.6 Å². The molecule has 2 rings (SSSR count). The second-order valence-corrected chi connectivity index (χ2v) is 5.14. The number of anilines is 1. The Hall–Kier alpha value is -2.89. The fourth-order valence-electron chi connectivity index (χ4n) is 2.08. The highest BCUT2D eigenvalue weighted by Crippen LogP contribution is 2.16. The van der Waals surface area contributed by atoms with E-state index in [9.17, 15) is 14.4 Å². The first-order valence-corrected chi connectivity index (χ1v) is 7.13. The Morgan fingerprint density at radius 3 is 2.43 bits per heavy atom. The molecule has 120 valence electrons. The fraction of sp³-hybridized carbons (Fsp3) is 0.235. The van der Waals surface area contributed by atoms with Crippen molar-refractivity contribution in [3.05, 3.63) is 53.9 Å². The summed E-state index contributed by atoms with van der Waals surface area (Å²) in [5.74, 6) is -1.24. The zero-order valence-electron chi connectivity index (χ0n) is 13.2. The lowest BCUT2D eigenvalue weighted by atomic mass is 10.1. The van der Waals surface area contributed by atoms with E-state index in [0.717, 1.165) is 0 Å². The number of nitrogens with zero attached hydrogens (tertiary/aromatic N) is 1. The lowest BCUT2D eigenvalue weighted by Gasteiger charge is -2.15. The van der Waals surface area contributed by atoms with Gasteiger partial charge >= 0.3 is 5.97 Å². The number of para-hydroxylation sites is 1. The summed E-state index contributed by atoms with van der Waals surface area (Å²) in [5.41, 5.74) is 1.15. The van der Waals surface area contributed by atoms with Gasteiger partial charge in [-0.25, -0.2) is 4.79 Å². The molecule has 1 aromatic heterocycles. The first-order valence-electron chi connectivity index (χ1n) is 7.13. The summed E-state index contributed by atoms with van der Waals surface area (Å²) in [4.78, 5) is 35.7. The zero-order valence-corrected chi connectivity index (χ0v) is 13.2. The molecule has 0 aliphatic rings. The van der Waals surface area contributed by atoms with Crippen molar-refractivity contribution in [2.45, 2.75) is 20.0 Å². The number of hydrogen-bond donors (Lipinski definition) is 1. The van der Waals surface area contributed by atoms with Crippen LogP contribution >= 0.6 is 0 Å². The normalized spacial score (nSPS) is 11.6. The molecule has 1 aromatic carbocycles. The van der Waals surface area contributed by atoms with Gasteiger partial charge in [-0.05, 0) is 38.1 Å². The molecule has 0 bridgehead atoms. The summed E-state index contributed by atoms with van der Waals surface area (Å²) in [5, 5.41) is 2.61. The van der Waals surface area contributed by atoms with Crippen LogP contribution in [0.5, 0.6) is 0 Å². The van der Waals surface area contributed by atoms with Crippen LogP contribution in [-0.4, -0.2) is 28.3 Å². The summed E-state index contributed by atoms with van der Waals surface area (Å²) < 4.78 is 6.76. The smallest absolute Gasteiger partial charge is 0.355 e. The van der Waals surface area contributed by atoms with Crippen molar-refractivity contribution in [2.24, 2.45) is 7.05 Å². The Balaban J connectivity index is 2.05. The van der Waals surface area contributed by atoms with Crippen LogP contribution in [0.3, 0.4) is 0 Å². The van der Waals surface area contributed by atoms with Crippen molar-refractivity contribution in [3.8, 4) is 0 Å². The van der Waals surface area contributed by atoms with Crippen molar-refractivity contribution in [1.29, 1.82) is 0 Å². The molecule has 6 heteroatoms. The minimum atomic E-state index is -0.989. The average Bonchev–Trinajstić information content (AvgIpc) is 2.93. The van der Waals surface area contributed by atoms with E-state index in [1.165, 1.54) is 13.8 Å². The lowest BCUT2D eigenvalue weighted by Crippen LogP contribution is -2.31. The number of carbonyl (C=O) groups excluding carboxylic acids is 3. The molecule has 2 aromatic rings. The topological polar surface area (TPSA) is 77.4 Å². The predicted molar refractivity (Wildman–Crippen MR) is 85.4 cm³/mol. The standard InChI is InChI=1S/C17H18N2O4/c1-11(20)13-7-4-5-8-14(13)18-16(21)12(2)23-17(22)15-9-6-10-19(15)3/h4-10,12H,1-3H3,(H,18,21)/t12-/m1/s1. The second-order valence-electron chi connectivity index (χ2n) is 5.14. The molecule has 1 heterocycles. The number of ketones is 1. The highest BCUT2D eigenvalue weighted by molar-refractivity contribution is 6.05. The number of benzene rings is 1. The number of aryl methyl sites for hydroxylation is 1. The molecule has 0 spiro atoms. The Labute approximate surface area is 134 Å². The van der Waals surface area contributed by atoms with E-state index < -0.39 is 18.0 Å². The van der Waals surface area contributed by atoms with Crippen molar-refractivity contribution >= 4 is 23.3 Å². The number of esters is 1. The third kappa shape index (κ3) is 3.85. The monoisotopic (exact) mass is 314 g/mol. The summed E-state index contributed by atoms with van der Waals surface area (Å²) in [6.07, 6.45) is 0.724. The number of aromatic nitrogens is 1. The molecule has 6 nitrogen and oxygen atoms in total. The Kier molecular flexibility index (Phi) is 4.95. The highest BCUT2D eigenvalue weighted by Gasteiger charge is 2.21. The molecule has 0 saturated heterocycles.